The van der Waals surface area contributed by atoms with Gasteiger partial charge in [-0.3, -0.25) is 9.88 Å². The van der Waals surface area contributed by atoms with Gasteiger partial charge >= 0.3 is 6.18 Å². The lowest BCUT2D eigenvalue weighted by atomic mass is 9.94. The van der Waals surface area contributed by atoms with E-state index in [1.54, 1.807) is 36.8 Å². The number of phenolic OH excluding ortho intramolecular Hbond substituents is 1. The van der Waals surface area contributed by atoms with Gasteiger partial charge in [-0.05, 0) is 23.8 Å². The summed E-state index contributed by atoms with van der Waals surface area (Å²) in [6.07, 6.45) is 0.554. The second-order valence-corrected chi connectivity index (χ2v) is 7.51. The molecule has 0 saturated carbocycles. The van der Waals surface area contributed by atoms with Crippen molar-refractivity contribution >= 4 is 5.82 Å². The summed E-state index contributed by atoms with van der Waals surface area (Å²) in [6, 6.07) is 9.86. The van der Waals surface area contributed by atoms with Crippen LogP contribution in [0.4, 0.5) is 19.0 Å². The second-order valence-electron chi connectivity index (χ2n) is 7.51. The Kier molecular flexibility index (Phi) is 6.18. The van der Waals surface area contributed by atoms with Crippen molar-refractivity contribution in [2.45, 2.75) is 12.2 Å². The van der Waals surface area contributed by atoms with E-state index < -0.39 is 17.8 Å². The van der Waals surface area contributed by atoms with Crippen molar-refractivity contribution in [3.63, 3.8) is 0 Å². The molecule has 4 rings (SSSR count). The maximum Gasteiger partial charge on any atom is 0.416 e. The standard InChI is InChI=1S/C23H23F3N4O2/c1-32-19-4-2-3-18(22(19)31)21(16-5-7-17(8-6-16)23(24,25)26)30-13-11-29(12-14-30)20-15-27-9-10-28-20/h2-10,15,21,31H,11-14H2,1H3. The fraction of sp³-hybridized carbons (Fsp3) is 0.304. The average molecular weight is 444 g/mol. The number of phenols is 1. The summed E-state index contributed by atoms with van der Waals surface area (Å²) < 4.78 is 44.5. The molecule has 32 heavy (non-hydrogen) atoms. The highest BCUT2D eigenvalue weighted by atomic mass is 19.4. The number of hydrogen-bond donors (Lipinski definition) is 1. The van der Waals surface area contributed by atoms with Gasteiger partial charge in [0.25, 0.3) is 0 Å². The summed E-state index contributed by atoms with van der Waals surface area (Å²) in [5.41, 5.74) is 0.536. The van der Waals surface area contributed by atoms with Gasteiger partial charge in [0.15, 0.2) is 11.5 Å². The molecule has 168 valence electrons. The van der Waals surface area contributed by atoms with Crippen molar-refractivity contribution in [3.05, 3.63) is 77.7 Å². The summed E-state index contributed by atoms with van der Waals surface area (Å²) in [5, 5.41) is 10.8. The van der Waals surface area contributed by atoms with Crippen LogP contribution in [0.25, 0.3) is 0 Å². The van der Waals surface area contributed by atoms with E-state index in [1.165, 1.54) is 19.2 Å². The van der Waals surface area contributed by atoms with Gasteiger partial charge in [0.1, 0.15) is 5.82 Å². The maximum atomic E-state index is 13.1. The third kappa shape index (κ3) is 4.47. The van der Waals surface area contributed by atoms with Crippen LogP contribution in [-0.2, 0) is 6.18 Å². The average Bonchev–Trinajstić information content (AvgIpc) is 2.81. The lowest BCUT2D eigenvalue weighted by Gasteiger charge is -2.40. The molecular weight excluding hydrogens is 421 g/mol. The van der Waals surface area contributed by atoms with Crippen molar-refractivity contribution < 1.29 is 23.0 Å². The zero-order valence-corrected chi connectivity index (χ0v) is 17.5. The summed E-state index contributed by atoms with van der Waals surface area (Å²) in [7, 11) is 1.46. The van der Waals surface area contributed by atoms with Gasteiger partial charge in [0.2, 0.25) is 0 Å². The van der Waals surface area contributed by atoms with E-state index in [2.05, 4.69) is 19.8 Å². The Morgan fingerprint density at radius 2 is 1.72 bits per heavy atom. The van der Waals surface area contributed by atoms with E-state index >= 15 is 0 Å². The van der Waals surface area contributed by atoms with E-state index in [0.717, 1.165) is 18.0 Å². The molecule has 0 radical (unpaired) electrons. The number of anilines is 1. The van der Waals surface area contributed by atoms with Crippen LogP contribution < -0.4 is 9.64 Å². The van der Waals surface area contributed by atoms with Gasteiger partial charge in [-0.1, -0.05) is 24.3 Å². The van der Waals surface area contributed by atoms with Gasteiger partial charge in [-0.25, -0.2) is 4.98 Å². The number of ether oxygens (including phenoxy) is 1. The molecule has 1 aromatic heterocycles. The number of aromatic hydroxyl groups is 1. The molecule has 2 aromatic carbocycles. The Morgan fingerprint density at radius 1 is 1.00 bits per heavy atom. The van der Waals surface area contributed by atoms with Crippen LogP contribution in [0.2, 0.25) is 0 Å². The monoisotopic (exact) mass is 444 g/mol. The molecule has 0 bridgehead atoms. The van der Waals surface area contributed by atoms with E-state index in [9.17, 15) is 18.3 Å². The van der Waals surface area contributed by atoms with Crippen molar-refractivity contribution in [1.82, 2.24) is 14.9 Å². The minimum absolute atomic E-state index is 0.0174. The quantitative estimate of drug-likeness (QED) is 0.639. The number of aromatic nitrogens is 2. The van der Waals surface area contributed by atoms with Crippen molar-refractivity contribution in [2.24, 2.45) is 0 Å². The molecule has 1 N–H and O–H groups in total. The number of alkyl halides is 3. The number of benzene rings is 2. The van der Waals surface area contributed by atoms with Gasteiger partial charge in [-0.15, -0.1) is 0 Å². The molecule has 0 aliphatic carbocycles. The van der Waals surface area contributed by atoms with Gasteiger partial charge in [0, 0.05) is 44.1 Å². The van der Waals surface area contributed by atoms with E-state index in [1.807, 2.05) is 0 Å². The largest absolute Gasteiger partial charge is 0.504 e. The van der Waals surface area contributed by atoms with Crippen LogP contribution in [0.1, 0.15) is 22.7 Å². The van der Waals surface area contributed by atoms with Crippen LogP contribution >= 0.6 is 0 Å². The number of para-hydroxylation sites is 1. The number of halogens is 3. The Labute approximate surface area is 183 Å². The summed E-state index contributed by atoms with van der Waals surface area (Å²) in [4.78, 5) is 12.7. The van der Waals surface area contributed by atoms with E-state index in [4.69, 9.17) is 4.74 Å². The van der Waals surface area contributed by atoms with Gasteiger partial charge in [0.05, 0.1) is 24.9 Å². The molecule has 1 saturated heterocycles. The second kappa shape index (κ2) is 9.04. The third-order valence-electron chi connectivity index (χ3n) is 5.65. The first kappa shape index (κ1) is 21.9. The van der Waals surface area contributed by atoms with Crippen molar-refractivity contribution in [1.29, 1.82) is 0 Å². The van der Waals surface area contributed by atoms with Crippen LogP contribution in [0.15, 0.2) is 61.1 Å². The van der Waals surface area contributed by atoms with E-state index in [-0.39, 0.29) is 5.75 Å². The molecule has 1 aliphatic rings. The number of rotatable bonds is 5. The Hall–Kier alpha value is -3.33. The highest BCUT2D eigenvalue weighted by molar-refractivity contribution is 5.50. The highest BCUT2D eigenvalue weighted by Gasteiger charge is 2.32. The molecule has 0 spiro atoms. The minimum Gasteiger partial charge on any atom is -0.504 e. The van der Waals surface area contributed by atoms with Crippen LogP contribution in [0.3, 0.4) is 0 Å². The van der Waals surface area contributed by atoms with Gasteiger partial charge < -0.3 is 14.7 Å². The van der Waals surface area contributed by atoms with E-state index in [0.29, 0.717) is 43.1 Å². The minimum atomic E-state index is -4.41. The molecular formula is C23H23F3N4O2. The maximum absolute atomic E-state index is 13.1. The molecule has 1 atom stereocenters. The van der Waals surface area contributed by atoms with Crippen molar-refractivity contribution in [3.8, 4) is 11.5 Å². The predicted octanol–water partition coefficient (Wildman–Crippen LogP) is 4.12. The highest BCUT2D eigenvalue weighted by Crippen LogP contribution is 2.40. The molecule has 1 aliphatic heterocycles. The topological polar surface area (TPSA) is 61.7 Å². The molecule has 6 nitrogen and oxygen atoms in total. The first-order valence-electron chi connectivity index (χ1n) is 10.2. The summed E-state index contributed by atoms with van der Waals surface area (Å²) in [6.45, 7) is 2.58. The number of hydrogen-bond acceptors (Lipinski definition) is 6. The molecule has 3 aromatic rings. The smallest absolute Gasteiger partial charge is 0.416 e. The normalized spacial score (nSPS) is 16.1. The Morgan fingerprint density at radius 3 is 2.31 bits per heavy atom. The third-order valence-corrected chi connectivity index (χ3v) is 5.65. The van der Waals surface area contributed by atoms with Crippen molar-refractivity contribution in [2.75, 3.05) is 38.2 Å². The molecule has 1 fully saturated rings. The fourth-order valence-electron chi connectivity index (χ4n) is 4.03. The Bertz CT molecular complexity index is 1040. The zero-order chi connectivity index (χ0) is 22.7. The lowest BCUT2D eigenvalue weighted by Crippen LogP contribution is -2.48. The van der Waals surface area contributed by atoms with Crippen LogP contribution in [-0.4, -0.2) is 53.3 Å². The predicted molar refractivity (Wildman–Crippen MR) is 114 cm³/mol. The number of piperazine rings is 1. The molecule has 2 heterocycles. The number of nitrogens with zero attached hydrogens (tertiary/aromatic N) is 4. The van der Waals surface area contributed by atoms with Gasteiger partial charge in [-0.2, -0.15) is 13.2 Å². The lowest BCUT2D eigenvalue weighted by molar-refractivity contribution is -0.137. The molecule has 1 unspecified atom stereocenters. The molecule has 9 heteroatoms. The zero-order valence-electron chi connectivity index (χ0n) is 17.5. The van der Waals surface area contributed by atoms with Crippen LogP contribution in [0.5, 0.6) is 11.5 Å². The summed E-state index contributed by atoms with van der Waals surface area (Å²) in [5.74, 6) is 1.08. The number of methoxy groups -OCH3 is 1. The first-order chi connectivity index (χ1) is 15.4. The van der Waals surface area contributed by atoms with Crippen LogP contribution in [0, 0.1) is 0 Å². The summed E-state index contributed by atoms with van der Waals surface area (Å²) >= 11 is 0. The molecule has 0 amide bonds. The SMILES string of the molecule is COc1cccc(C(c2ccc(C(F)(F)F)cc2)N2CCN(c3cnccn3)CC2)c1O. The Balaban J connectivity index is 1.66. The first-order valence-corrected chi connectivity index (χ1v) is 10.2. The fourth-order valence-corrected chi connectivity index (χ4v) is 4.03.